The number of carbonyl (C=O) groups is 1. The molecule has 0 aliphatic heterocycles. The molecular formula is C15H24N4O. The number of anilines is 1. The van der Waals surface area contributed by atoms with Crippen LogP contribution < -0.4 is 16.4 Å². The van der Waals surface area contributed by atoms with Crippen LogP contribution in [-0.4, -0.2) is 30.5 Å². The lowest BCUT2D eigenvalue weighted by Crippen LogP contribution is -2.34. The van der Waals surface area contributed by atoms with Crippen LogP contribution in [0.1, 0.15) is 43.1 Å². The monoisotopic (exact) mass is 276 g/mol. The number of rotatable bonds is 6. The smallest absolute Gasteiger partial charge is 0.269 e. The molecule has 1 aliphatic carbocycles. The van der Waals surface area contributed by atoms with Crippen LogP contribution in [-0.2, 0) is 0 Å². The number of amides is 1. The van der Waals surface area contributed by atoms with Crippen LogP contribution in [0.4, 0.5) is 5.69 Å². The first-order valence-electron chi connectivity index (χ1n) is 7.37. The molecule has 5 heteroatoms. The molecule has 1 aliphatic rings. The van der Waals surface area contributed by atoms with E-state index in [1.54, 1.807) is 12.3 Å². The molecule has 1 heterocycles. The summed E-state index contributed by atoms with van der Waals surface area (Å²) in [6.07, 6.45) is 6.56. The van der Waals surface area contributed by atoms with Gasteiger partial charge in [0.25, 0.3) is 5.91 Å². The minimum absolute atomic E-state index is 0.134. The first-order valence-corrected chi connectivity index (χ1v) is 7.37. The van der Waals surface area contributed by atoms with Crippen LogP contribution in [0.15, 0.2) is 18.3 Å². The standard InChI is InChI=1S/C15H24N4O/c1-2-17-14(20)13-9-12(5-8-18-13)19-11-15(10-16)6-3-4-7-15/h5,8-9H,2-4,6-7,10-11,16H2,1H3,(H,17,20)(H,18,19). The van der Waals surface area contributed by atoms with E-state index in [-0.39, 0.29) is 11.3 Å². The number of hydrogen-bond acceptors (Lipinski definition) is 4. The lowest BCUT2D eigenvalue weighted by Gasteiger charge is -2.27. The van der Waals surface area contributed by atoms with Gasteiger partial charge in [0.15, 0.2) is 0 Å². The van der Waals surface area contributed by atoms with Crippen molar-refractivity contribution in [1.29, 1.82) is 0 Å². The average Bonchev–Trinajstić information content (AvgIpc) is 2.95. The fourth-order valence-corrected chi connectivity index (χ4v) is 2.78. The first-order chi connectivity index (χ1) is 9.69. The molecule has 1 aromatic rings. The topological polar surface area (TPSA) is 80.0 Å². The van der Waals surface area contributed by atoms with Gasteiger partial charge in [0, 0.05) is 25.0 Å². The Morgan fingerprint density at radius 3 is 2.85 bits per heavy atom. The molecule has 0 aromatic carbocycles. The number of nitrogens with one attached hydrogen (secondary N) is 2. The summed E-state index contributed by atoms with van der Waals surface area (Å²) in [6, 6.07) is 3.69. The summed E-state index contributed by atoms with van der Waals surface area (Å²) >= 11 is 0. The van der Waals surface area contributed by atoms with Gasteiger partial charge in [-0.05, 0) is 43.9 Å². The SMILES string of the molecule is CCNC(=O)c1cc(NCC2(CN)CCCC2)ccn1. The molecule has 0 unspecified atom stereocenters. The third-order valence-corrected chi connectivity index (χ3v) is 4.09. The van der Waals surface area contributed by atoms with Crippen molar-refractivity contribution in [3.63, 3.8) is 0 Å². The van der Waals surface area contributed by atoms with E-state index < -0.39 is 0 Å². The van der Waals surface area contributed by atoms with E-state index in [0.717, 1.165) is 12.2 Å². The number of hydrogen-bond donors (Lipinski definition) is 3. The summed E-state index contributed by atoms with van der Waals surface area (Å²) in [5.41, 5.74) is 7.53. The molecule has 110 valence electrons. The Morgan fingerprint density at radius 1 is 1.45 bits per heavy atom. The Labute approximate surface area is 120 Å². The Bertz CT molecular complexity index is 455. The molecule has 1 fully saturated rings. The van der Waals surface area contributed by atoms with Gasteiger partial charge in [-0.25, -0.2) is 0 Å². The molecule has 1 aromatic heterocycles. The Morgan fingerprint density at radius 2 is 2.20 bits per heavy atom. The summed E-state index contributed by atoms with van der Waals surface area (Å²) in [5.74, 6) is -0.134. The molecule has 5 nitrogen and oxygen atoms in total. The van der Waals surface area contributed by atoms with E-state index in [4.69, 9.17) is 5.73 Å². The van der Waals surface area contributed by atoms with Crippen LogP contribution in [0.3, 0.4) is 0 Å². The minimum atomic E-state index is -0.134. The van der Waals surface area contributed by atoms with Gasteiger partial charge in [0.05, 0.1) is 0 Å². The maximum Gasteiger partial charge on any atom is 0.269 e. The van der Waals surface area contributed by atoms with Crippen molar-refractivity contribution in [2.45, 2.75) is 32.6 Å². The fourth-order valence-electron chi connectivity index (χ4n) is 2.78. The Kier molecular flexibility index (Phi) is 4.95. The second-order valence-electron chi connectivity index (χ2n) is 5.55. The number of carbonyl (C=O) groups excluding carboxylic acids is 1. The van der Waals surface area contributed by atoms with E-state index in [1.165, 1.54) is 25.7 Å². The lowest BCUT2D eigenvalue weighted by atomic mass is 9.86. The molecule has 0 bridgehead atoms. The van der Waals surface area contributed by atoms with Gasteiger partial charge >= 0.3 is 0 Å². The van der Waals surface area contributed by atoms with E-state index in [2.05, 4.69) is 15.6 Å². The van der Waals surface area contributed by atoms with Crippen molar-refractivity contribution >= 4 is 11.6 Å². The van der Waals surface area contributed by atoms with Crippen LogP contribution >= 0.6 is 0 Å². The van der Waals surface area contributed by atoms with Gasteiger partial charge < -0.3 is 16.4 Å². The molecule has 1 saturated carbocycles. The highest BCUT2D eigenvalue weighted by atomic mass is 16.1. The number of pyridine rings is 1. The van der Waals surface area contributed by atoms with Gasteiger partial charge in [0.2, 0.25) is 0 Å². The van der Waals surface area contributed by atoms with Gasteiger partial charge in [0.1, 0.15) is 5.69 Å². The summed E-state index contributed by atoms with van der Waals surface area (Å²) in [7, 11) is 0. The molecule has 1 amide bonds. The molecule has 0 radical (unpaired) electrons. The molecule has 4 N–H and O–H groups in total. The number of nitrogens with two attached hydrogens (primary N) is 1. The Hall–Kier alpha value is -1.62. The van der Waals surface area contributed by atoms with Crippen molar-refractivity contribution in [2.24, 2.45) is 11.1 Å². The Balaban J connectivity index is 1.99. The van der Waals surface area contributed by atoms with Crippen molar-refractivity contribution in [3.8, 4) is 0 Å². The highest BCUT2D eigenvalue weighted by molar-refractivity contribution is 5.93. The third-order valence-electron chi connectivity index (χ3n) is 4.09. The van der Waals surface area contributed by atoms with Crippen molar-refractivity contribution in [2.75, 3.05) is 25.0 Å². The second kappa shape index (κ2) is 6.70. The van der Waals surface area contributed by atoms with Gasteiger partial charge in [-0.1, -0.05) is 12.8 Å². The summed E-state index contributed by atoms with van der Waals surface area (Å²) in [4.78, 5) is 15.9. The van der Waals surface area contributed by atoms with E-state index in [0.29, 0.717) is 18.8 Å². The molecular weight excluding hydrogens is 252 g/mol. The normalized spacial score (nSPS) is 16.9. The second-order valence-corrected chi connectivity index (χ2v) is 5.55. The third kappa shape index (κ3) is 3.48. The van der Waals surface area contributed by atoms with Crippen LogP contribution in [0.5, 0.6) is 0 Å². The highest BCUT2D eigenvalue weighted by Crippen LogP contribution is 2.37. The van der Waals surface area contributed by atoms with Crippen molar-refractivity contribution in [1.82, 2.24) is 10.3 Å². The lowest BCUT2D eigenvalue weighted by molar-refractivity contribution is 0.0951. The summed E-state index contributed by atoms with van der Waals surface area (Å²) in [5, 5.41) is 6.17. The largest absolute Gasteiger partial charge is 0.384 e. The predicted octanol–water partition coefficient (Wildman–Crippen LogP) is 1.76. The molecule has 20 heavy (non-hydrogen) atoms. The maximum absolute atomic E-state index is 11.8. The number of nitrogens with zero attached hydrogens (tertiary/aromatic N) is 1. The predicted molar refractivity (Wildman–Crippen MR) is 80.7 cm³/mol. The molecule has 0 atom stereocenters. The van der Waals surface area contributed by atoms with E-state index in [1.807, 2.05) is 13.0 Å². The maximum atomic E-state index is 11.8. The number of aromatic nitrogens is 1. The van der Waals surface area contributed by atoms with Gasteiger partial charge in [-0.15, -0.1) is 0 Å². The van der Waals surface area contributed by atoms with Crippen molar-refractivity contribution in [3.05, 3.63) is 24.0 Å². The zero-order valence-electron chi connectivity index (χ0n) is 12.1. The zero-order chi connectivity index (χ0) is 14.4. The molecule has 0 spiro atoms. The highest BCUT2D eigenvalue weighted by Gasteiger charge is 2.32. The van der Waals surface area contributed by atoms with Crippen LogP contribution in [0.2, 0.25) is 0 Å². The van der Waals surface area contributed by atoms with E-state index in [9.17, 15) is 4.79 Å². The zero-order valence-corrected chi connectivity index (χ0v) is 12.1. The molecule has 2 rings (SSSR count). The van der Waals surface area contributed by atoms with Crippen molar-refractivity contribution < 1.29 is 4.79 Å². The van der Waals surface area contributed by atoms with Crippen LogP contribution in [0, 0.1) is 5.41 Å². The quantitative estimate of drug-likeness (QED) is 0.739. The fraction of sp³-hybridized carbons (Fsp3) is 0.600. The first kappa shape index (κ1) is 14.8. The van der Waals surface area contributed by atoms with Crippen LogP contribution in [0.25, 0.3) is 0 Å². The van der Waals surface area contributed by atoms with Gasteiger partial charge in [-0.2, -0.15) is 0 Å². The average molecular weight is 276 g/mol. The molecule has 0 saturated heterocycles. The summed E-state index contributed by atoms with van der Waals surface area (Å²) < 4.78 is 0. The van der Waals surface area contributed by atoms with E-state index >= 15 is 0 Å². The minimum Gasteiger partial charge on any atom is -0.384 e. The summed E-state index contributed by atoms with van der Waals surface area (Å²) in [6.45, 7) is 4.08. The van der Waals surface area contributed by atoms with Gasteiger partial charge in [-0.3, -0.25) is 9.78 Å².